The Morgan fingerprint density at radius 3 is 2.04 bits per heavy atom. The van der Waals surface area contributed by atoms with Crippen LogP contribution in [0.1, 0.15) is 58.3 Å². The van der Waals surface area contributed by atoms with Crippen LogP contribution in [0.3, 0.4) is 0 Å². The summed E-state index contributed by atoms with van der Waals surface area (Å²) in [7, 11) is 0. The van der Waals surface area contributed by atoms with Gasteiger partial charge in [0, 0.05) is 12.8 Å². The standard InChI is InChI=1S/C16H28N2O7/c1-2-3-4-5-6-7-13(20)17-12(10-19)15(23)18-11(16(24)25)8-9-14(21)22/h11-12,19H,2-10H2,1H3,(H,17,20)(H,18,23)(H,21,22)(H,24,25)/t11-,12+/m1/s1. The molecule has 0 spiro atoms. The first-order valence-electron chi connectivity index (χ1n) is 8.47. The van der Waals surface area contributed by atoms with Crippen molar-refractivity contribution in [1.82, 2.24) is 10.6 Å². The Morgan fingerprint density at radius 1 is 0.880 bits per heavy atom. The first-order valence-corrected chi connectivity index (χ1v) is 8.47. The second-order valence-corrected chi connectivity index (χ2v) is 5.80. The van der Waals surface area contributed by atoms with Gasteiger partial charge in [-0.15, -0.1) is 0 Å². The van der Waals surface area contributed by atoms with Crippen LogP contribution in [0.4, 0.5) is 0 Å². The predicted octanol–water partition coefficient (Wildman–Crippen LogP) is 0.258. The molecule has 0 aromatic heterocycles. The summed E-state index contributed by atoms with van der Waals surface area (Å²) in [5.41, 5.74) is 0. The lowest BCUT2D eigenvalue weighted by Crippen LogP contribution is -2.53. The molecule has 9 nitrogen and oxygen atoms in total. The minimum absolute atomic E-state index is 0.217. The highest BCUT2D eigenvalue weighted by Crippen LogP contribution is 2.05. The molecule has 2 atom stereocenters. The molecule has 0 aliphatic rings. The second kappa shape index (κ2) is 13.2. The van der Waals surface area contributed by atoms with E-state index in [1.165, 1.54) is 0 Å². The van der Waals surface area contributed by atoms with Crippen molar-refractivity contribution in [1.29, 1.82) is 0 Å². The normalized spacial score (nSPS) is 12.9. The predicted molar refractivity (Wildman–Crippen MR) is 88.8 cm³/mol. The molecule has 0 unspecified atom stereocenters. The fourth-order valence-corrected chi connectivity index (χ4v) is 2.15. The molecular formula is C16H28N2O7. The number of aliphatic hydroxyl groups excluding tert-OH is 1. The van der Waals surface area contributed by atoms with E-state index in [2.05, 4.69) is 17.6 Å². The number of hydrogen-bond acceptors (Lipinski definition) is 5. The molecule has 0 saturated carbocycles. The van der Waals surface area contributed by atoms with Crippen molar-refractivity contribution in [3.8, 4) is 0 Å². The zero-order chi connectivity index (χ0) is 19.2. The third-order valence-corrected chi connectivity index (χ3v) is 3.60. The molecule has 25 heavy (non-hydrogen) atoms. The van der Waals surface area contributed by atoms with Gasteiger partial charge in [-0.2, -0.15) is 0 Å². The van der Waals surface area contributed by atoms with E-state index in [1.807, 2.05) is 0 Å². The summed E-state index contributed by atoms with van der Waals surface area (Å²) in [6, 6.07) is -2.67. The van der Waals surface area contributed by atoms with Gasteiger partial charge < -0.3 is 26.0 Å². The Morgan fingerprint density at radius 2 is 1.52 bits per heavy atom. The van der Waals surface area contributed by atoms with Crippen molar-refractivity contribution in [3.63, 3.8) is 0 Å². The number of nitrogens with one attached hydrogen (secondary N) is 2. The summed E-state index contributed by atoms with van der Waals surface area (Å²) in [6.07, 6.45) is 4.27. The molecule has 0 heterocycles. The highest BCUT2D eigenvalue weighted by Gasteiger charge is 2.26. The Labute approximate surface area is 146 Å². The number of amides is 2. The topological polar surface area (TPSA) is 153 Å². The Bertz CT molecular complexity index is 454. The zero-order valence-corrected chi connectivity index (χ0v) is 14.5. The van der Waals surface area contributed by atoms with Crippen LogP contribution in [-0.4, -0.2) is 57.8 Å². The molecule has 0 bridgehead atoms. The summed E-state index contributed by atoms with van der Waals surface area (Å²) in [4.78, 5) is 45.3. The molecule has 0 radical (unpaired) electrons. The first-order chi connectivity index (χ1) is 11.8. The molecule has 0 rings (SSSR count). The van der Waals surface area contributed by atoms with Crippen LogP contribution in [0, 0.1) is 0 Å². The van der Waals surface area contributed by atoms with Crippen molar-refractivity contribution in [3.05, 3.63) is 0 Å². The fraction of sp³-hybridized carbons (Fsp3) is 0.750. The molecule has 2 amide bonds. The van der Waals surface area contributed by atoms with Crippen molar-refractivity contribution in [2.45, 2.75) is 70.4 Å². The van der Waals surface area contributed by atoms with Crippen LogP contribution in [0.25, 0.3) is 0 Å². The van der Waals surface area contributed by atoms with Crippen LogP contribution < -0.4 is 10.6 Å². The highest BCUT2D eigenvalue weighted by atomic mass is 16.4. The molecule has 0 fully saturated rings. The van der Waals surface area contributed by atoms with Gasteiger partial charge in [0.2, 0.25) is 11.8 Å². The van der Waals surface area contributed by atoms with E-state index < -0.39 is 48.9 Å². The third-order valence-electron chi connectivity index (χ3n) is 3.60. The van der Waals surface area contributed by atoms with E-state index in [9.17, 15) is 24.3 Å². The number of rotatable bonds is 14. The van der Waals surface area contributed by atoms with E-state index in [0.717, 1.165) is 25.7 Å². The summed E-state index contributed by atoms with van der Waals surface area (Å²) < 4.78 is 0. The van der Waals surface area contributed by atoms with E-state index in [4.69, 9.17) is 10.2 Å². The lowest BCUT2D eigenvalue weighted by atomic mass is 10.1. The van der Waals surface area contributed by atoms with Gasteiger partial charge in [0.05, 0.1) is 6.61 Å². The summed E-state index contributed by atoms with van der Waals surface area (Å²) in [5, 5.41) is 31.3. The molecule has 0 aromatic rings. The number of carboxylic acids is 2. The van der Waals surface area contributed by atoms with Gasteiger partial charge in [0.1, 0.15) is 12.1 Å². The molecule has 0 aromatic carbocycles. The van der Waals surface area contributed by atoms with Gasteiger partial charge in [-0.05, 0) is 12.8 Å². The maximum Gasteiger partial charge on any atom is 0.326 e. The highest BCUT2D eigenvalue weighted by molar-refractivity contribution is 5.90. The average Bonchev–Trinajstić information content (AvgIpc) is 2.55. The first kappa shape index (κ1) is 22.8. The monoisotopic (exact) mass is 360 g/mol. The number of carboxylic acid groups (broad SMARTS) is 2. The van der Waals surface area contributed by atoms with Gasteiger partial charge in [-0.1, -0.05) is 32.6 Å². The zero-order valence-electron chi connectivity index (χ0n) is 14.5. The van der Waals surface area contributed by atoms with Gasteiger partial charge in [0.25, 0.3) is 0 Å². The minimum atomic E-state index is -1.40. The van der Waals surface area contributed by atoms with Gasteiger partial charge in [0.15, 0.2) is 0 Å². The number of unbranched alkanes of at least 4 members (excludes halogenated alkanes) is 4. The van der Waals surface area contributed by atoms with Crippen molar-refractivity contribution < 1.29 is 34.5 Å². The van der Waals surface area contributed by atoms with E-state index in [0.29, 0.717) is 6.42 Å². The number of carbonyl (C=O) groups excluding carboxylic acids is 2. The quantitative estimate of drug-likeness (QED) is 0.278. The smallest absolute Gasteiger partial charge is 0.326 e. The van der Waals surface area contributed by atoms with E-state index >= 15 is 0 Å². The lowest BCUT2D eigenvalue weighted by molar-refractivity contribution is -0.143. The largest absolute Gasteiger partial charge is 0.481 e. The molecule has 9 heteroatoms. The molecule has 0 saturated heterocycles. The number of carbonyl (C=O) groups is 4. The average molecular weight is 360 g/mol. The Hall–Kier alpha value is -2.16. The van der Waals surface area contributed by atoms with Crippen molar-refractivity contribution >= 4 is 23.8 Å². The van der Waals surface area contributed by atoms with Crippen LogP contribution in [0.2, 0.25) is 0 Å². The van der Waals surface area contributed by atoms with Gasteiger partial charge >= 0.3 is 11.9 Å². The van der Waals surface area contributed by atoms with Gasteiger partial charge in [-0.25, -0.2) is 4.79 Å². The van der Waals surface area contributed by atoms with E-state index in [-0.39, 0.29) is 12.8 Å². The van der Waals surface area contributed by atoms with Crippen molar-refractivity contribution in [2.75, 3.05) is 6.61 Å². The second-order valence-electron chi connectivity index (χ2n) is 5.80. The Kier molecular flexibility index (Phi) is 12.0. The number of aliphatic hydroxyl groups is 1. The summed E-state index contributed by atoms with van der Waals surface area (Å²) >= 11 is 0. The summed E-state index contributed by atoms with van der Waals surface area (Å²) in [6.45, 7) is 1.40. The fourth-order valence-electron chi connectivity index (χ4n) is 2.15. The number of aliphatic carboxylic acids is 2. The Balaban J connectivity index is 4.40. The maximum atomic E-state index is 12.0. The maximum absolute atomic E-state index is 12.0. The van der Waals surface area contributed by atoms with Crippen LogP contribution in [0.5, 0.6) is 0 Å². The van der Waals surface area contributed by atoms with Crippen LogP contribution >= 0.6 is 0 Å². The lowest BCUT2D eigenvalue weighted by Gasteiger charge is -2.19. The van der Waals surface area contributed by atoms with E-state index in [1.54, 1.807) is 0 Å². The third kappa shape index (κ3) is 11.1. The molecule has 144 valence electrons. The number of hydrogen-bond donors (Lipinski definition) is 5. The SMILES string of the molecule is CCCCCCCC(=O)N[C@@H](CO)C(=O)N[C@H](CCC(=O)O)C(=O)O. The molecule has 5 N–H and O–H groups in total. The van der Waals surface area contributed by atoms with Crippen LogP contribution in [-0.2, 0) is 19.2 Å². The molecule has 0 aliphatic carbocycles. The van der Waals surface area contributed by atoms with Crippen molar-refractivity contribution in [2.24, 2.45) is 0 Å². The molecular weight excluding hydrogens is 332 g/mol. The van der Waals surface area contributed by atoms with Gasteiger partial charge in [-0.3, -0.25) is 14.4 Å². The molecule has 0 aliphatic heterocycles. The minimum Gasteiger partial charge on any atom is -0.481 e. The van der Waals surface area contributed by atoms with Crippen LogP contribution in [0.15, 0.2) is 0 Å². The summed E-state index contributed by atoms with van der Waals surface area (Å²) in [5.74, 6) is -3.83.